The fraction of sp³-hybridized carbons (Fsp3) is 0.444. The highest BCUT2D eigenvalue weighted by Gasteiger charge is 2.38. The van der Waals surface area contributed by atoms with Gasteiger partial charge < -0.3 is 29.7 Å². The molecule has 2 aromatic heterocycles. The summed E-state index contributed by atoms with van der Waals surface area (Å²) in [5.41, 5.74) is -2.62. The highest BCUT2D eigenvalue weighted by molar-refractivity contribution is 6.30. The number of nitrogens with zero attached hydrogens (tertiary/aromatic N) is 6. The van der Waals surface area contributed by atoms with Gasteiger partial charge in [-0.05, 0) is 24.6 Å². The van der Waals surface area contributed by atoms with E-state index in [-0.39, 0.29) is 19.8 Å². The van der Waals surface area contributed by atoms with Gasteiger partial charge >= 0.3 is 6.18 Å². The molecular formula is C27H31ClF3N7O5. The molecule has 2 atom stereocenters. The molecule has 1 amide bonds. The second-order valence-electron chi connectivity index (χ2n) is 9.85. The Kier molecular flexibility index (Phi) is 10.4. The zero-order valence-corrected chi connectivity index (χ0v) is 24.2. The predicted octanol–water partition coefficient (Wildman–Crippen LogP) is 2.29. The predicted molar refractivity (Wildman–Crippen MR) is 151 cm³/mol. The topological polar surface area (TPSA) is 135 Å². The molecular weight excluding hydrogens is 595 g/mol. The summed E-state index contributed by atoms with van der Waals surface area (Å²) in [7, 11) is 1.49. The summed E-state index contributed by atoms with van der Waals surface area (Å²) in [6, 6.07) is 5.80. The maximum absolute atomic E-state index is 13.9. The number of rotatable bonds is 11. The summed E-state index contributed by atoms with van der Waals surface area (Å²) in [4.78, 5) is 37.2. The van der Waals surface area contributed by atoms with Gasteiger partial charge in [0.15, 0.2) is 6.10 Å². The molecule has 1 saturated heterocycles. The first kappa shape index (κ1) is 32.0. The molecule has 3 heterocycles. The number of halogens is 4. The molecule has 1 fully saturated rings. The molecule has 16 heteroatoms. The Morgan fingerprint density at radius 1 is 1.09 bits per heavy atom. The van der Waals surface area contributed by atoms with Crippen LogP contribution in [0.3, 0.4) is 0 Å². The van der Waals surface area contributed by atoms with Gasteiger partial charge in [0.2, 0.25) is 5.95 Å². The van der Waals surface area contributed by atoms with Gasteiger partial charge in [-0.15, -0.1) is 0 Å². The number of aliphatic hydroxyl groups is 1. The van der Waals surface area contributed by atoms with Crippen molar-refractivity contribution in [1.29, 1.82) is 0 Å². The van der Waals surface area contributed by atoms with Crippen molar-refractivity contribution in [2.24, 2.45) is 0 Å². The van der Waals surface area contributed by atoms with Crippen LogP contribution in [0.15, 0.2) is 47.7 Å². The number of methoxy groups -OCH3 is 1. The smallest absolute Gasteiger partial charge is 0.423 e. The third-order valence-corrected chi connectivity index (χ3v) is 6.83. The molecule has 0 bridgehead atoms. The van der Waals surface area contributed by atoms with Crippen LogP contribution in [0.25, 0.3) is 0 Å². The van der Waals surface area contributed by atoms with Gasteiger partial charge in [0.25, 0.3) is 11.5 Å². The fourth-order valence-corrected chi connectivity index (χ4v) is 4.53. The number of ether oxygens (including phenoxy) is 2. The van der Waals surface area contributed by atoms with Gasteiger partial charge in [-0.2, -0.15) is 18.3 Å². The minimum atomic E-state index is -4.95. The number of alkyl halides is 3. The fourth-order valence-electron chi connectivity index (χ4n) is 4.43. The number of benzene rings is 1. The van der Waals surface area contributed by atoms with Crippen molar-refractivity contribution in [2.45, 2.75) is 31.8 Å². The molecule has 3 aromatic rings. The average Bonchev–Trinajstić information content (AvgIpc) is 2.98. The van der Waals surface area contributed by atoms with Gasteiger partial charge in [0.05, 0.1) is 56.2 Å². The number of aliphatic hydroxyl groups excluding tert-OH is 1. The van der Waals surface area contributed by atoms with Gasteiger partial charge in [0, 0.05) is 32.2 Å². The Labute approximate surface area is 250 Å². The van der Waals surface area contributed by atoms with Crippen molar-refractivity contribution in [2.75, 3.05) is 56.7 Å². The number of hydrogen-bond donors (Lipinski definition) is 2. The van der Waals surface area contributed by atoms with Crippen molar-refractivity contribution < 1.29 is 32.5 Å². The maximum Gasteiger partial charge on any atom is 0.423 e. The molecule has 4 rings (SSSR count). The second kappa shape index (κ2) is 14.0. The maximum atomic E-state index is 13.9. The summed E-state index contributed by atoms with van der Waals surface area (Å²) < 4.78 is 53.0. The molecule has 1 aliphatic rings. The Morgan fingerprint density at radius 3 is 2.35 bits per heavy atom. The van der Waals surface area contributed by atoms with E-state index in [2.05, 4.69) is 20.4 Å². The Hall–Kier alpha value is -3.95. The molecule has 2 N–H and O–H groups in total. The molecule has 12 nitrogen and oxygen atoms in total. The van der Waals surface area contributed by atoms with E-state index in [4.69, 9.17) is 21.1 Å². The number of hydrogen-bond acceptors (Lipinski definition) is 10. The van der Waals surface area contributed by atoms with Gasteiger partial charge in [-0.3, -0.25) is 9.59 Å². The summed E-state index contributed by atoms with van der Waals surface area (Å²) in [5.74, 6) is 0.526. The van der Waals surface area contributed by atoms with E-state index in [9.17, 15) is 27.9 Å². The third-order valence-electron chi connectivity index (χ3n) is 6.63. The number of carbonyl (C=O) groups excluding carboxylic acids is 1. The van der Waals surface area contributed by atoms with Crippen molar-refractivity contribution in [3.8, 4) is 5.75 Å². The minimum absolute atomic E-state index is 0.155. The van der Waals surface area contributed by atoms with Crippen LogP contribution in [-0.4, -0.2) is 94.3 Å². The van der Waals surface area contributed by atoms with Crippen LogP contribution in [-0.2, 0) is 22.3 Å². The molecule has 0 saturated carbocycles. The SMILES string of the molecule is COc1ccc(Cn2ncc(NC(C)COCC(O)C(=O)N3CCN(c4ncc(Cl)cn4)CC3)c(C(F)(F)F)c2=O)cc1. The van der Waals surface area contributed by atoms with Crippen molar-refractivity contribution in [3.05, 3.63) is 69.4 Å². The first-order chi connectivity index (χ1) is 20.5. The number of aromatic nitrogens is 4. The van der Waals surface area contributed by atoms with Crippen molar-refractivity contribution in [1.82, 2.24) is 24.6 Å². The largest absolute Gasteiger partial charge is 0.497 e. The quantitative estimate of drug-likeness (QED) is 0.327. The monoisotopic (exact) mass is 625 g/mol. The summed E-state index contributed by atoms with van der Waals surface area (Å²) in [5, 5.41) is 17.3. The first-order valence-corrected chi connectivity index (χ1v) is 13.7. The Morgan fingerprint density at radius 2 is 1.74 bits per heavy atom. The van der Waals surface area contributed by atoms with E-state index in [1.165, 1.54) is 31.3 Å². The minimum Gasteiger partial charge on any atom is -0.497 e. The molecule has 2 unspecified atom stereocenters. The third kappa shape index (κ3) is 8.33. The lowest BCUT2D eigenvalue weighted by Gasteiger charge is -2.35. The number of carbonyl (C=O) groups is 1. The van der Waals surface area contributed by atoms with Crippen LogP contribution in [0.1, 0.15) is 18.1 Å². The standard InChI is InChI=1S/C27H31ClF3N7O5/c1-17(15-43-16-22(39)24(40)36-7-9-37(10-8-36)26-32-11-19(28)12-33-26)35-21-13-34-38(25(41)23(21)27(29,30)31)14-18-3-5-20(42-2)6-4-18/h3-6,11-13,17,22,35,39H,7-10,14-16H2,1-2H3. The summed E-state index contributed by atoms with van der Waals surface area (Å²) >= 11 is 5.82. The number of nitrogens with one attached hydrogen (secondary N) is 1. The van der Waals surface area contributed by atoms with Gasteiger partial charge in [-0.25, -0.2) is 14.6 Å². The molecule has 0 radical (unpaired) electrons. The molecule has 1 aromatic carbocycles. The molecule has 232 valence electrons. The first-order valence-electron chi connectivity index (χ1n) is 13.3. The van der Waals surface area contributed by atoms with E-state index in [0.717, 1.165) is 10.9 Å². The molecule has 1 aliphatic heterocycles. The van der Waals surface area contributed by atoms with E-state index in [0.29, 0.717) is 48.5 Å². The molecule has 43 heavy (non-hydrogen) atoms. The molecule has 0 spiro atoms. The zero-order valence-electron chi connectivity index (χ0n) is 23.4. The summed E-state index contributed by atoms with van der Waals surface area (Å²) in [6.45, 7) is 2.42. The van der Waals surface area contributed by atoms with Crippen LogP contribution in [0.4, 0.5) is 24.8 Å². The number of piperazine rings is 1. The Balaban J connectivity index is 1.29. The summed E-state index contributed by atoms with van der Waals surface area (Å²) in [6.07, 6.45) is -2.50. The van der Waals surface area contributed by atoms with E-state index in [1.807, 2.05) is 4.90 Å². The highest BCUT2D eigenvalue weighted by atomic mass is 35.5. The van der Waals surface area contributed by atoms with E-state index >= 15 is 0 Å². The normalized spacial score (nSPS) is 15.2. The van der Waals surface area contributed by atoms with Crippen LogP contribution < -0.4 is 20.5 Å². The lowest BCUT2D eigenvalue weighted by Crippen LogP contribution is -2.52. The van der Waals surface area contributed by atoms with Gasteiger partial charge in [0.1, 0.15) is 11.3 Å². The lowest BCUT2D eigenvalue weighted by molar-refractivity contribution is -0.143. The van der Waals surface area contributed by atoms with Crippen LogP contribution in [0.2, 0.25) is 5.02 Å². The van der Waals surface area contributed by atoms with Crippen molar-refractivity contribution >= 4 is 29.1 Å². The molecule has 0 aliphatic carbocycles. The number of anilines is 2. The lowest BCUT2D eigenvalue weighted by atomic mass is 10.2. The van der Waals surface area contributed by atoms with Crippen LogP contribution in [0, 0.1) is 0 Å². The van der Waals surface area contributed by atoms with E-state index < -0.39 is 41.0 Å². The Bertz CT molecular complexity index is 1430. The van der Waals surface area contributed by atoms with Crippen molar-refractivity contribution in [3.63, 3.8) is 0 Å². The van der Waals surface area contributed by atoms with Crippen LogP contribution >= 0.6 is 11.6 Å². The second-order valence-corrected chi connectivity index (χ2v) is 10.3. The van der Waals surface area contributed by atoms with Crippen LogP contribution in [0.5, 0.6) is 5.75 Å². The average molecular weight is 626 g/mol. The van der Waals surface area contributed by atoms with Gasteiger partial charge in [-0.1, -0.05) is 23.7 Å². The highest BCUT2D eigenvalue weighted by Crippen LogP contribution is 2.32. The van der Waals surface area contributed by atoms with E-state index in [1.54, 1.807) is 24.3 Å². The number of amides is 1. The zero-order chi connectivity index (χ0) is 31.1.